The van der Waals surface area contributed by atoms with Crippen molar-refractivity contribution in [1.29, 1.82) is 0 Å². The summed E-state index contributed by atoms with van der Waals surface area (Å²) in [7, 11) is 1.88. The van der Waals surface area contributed by atoms with Gasteiger partial charge in [-0.15, -0.1) is 0 Å². The lowest BCUT2D eigenvalue weighted by atomic mass is 10.1. The molecule has 0 aliphatic carbocycles. The van der Waals surface area contributed by atoms with Gasteiger partial charge in [-0.05, 0) is 24.3 Å². The predicted octanol–water partition coefficient (Wildman–Crippen LogP) is 2.98. The summed E-state index contributed by atoms with van der Waals surface area (Å²) in [5.41, 5.74) is 2.38. The van der Waals surface area contributed by atoms with E-state index in [1.54, 1.807) is 18.2 Å². The Morgan fingerprint density at radius 3 is 2.38 bits per heavy atom. The fourth-order valence-corrected chi connectivity index (χ4v) is 2.92. The lowest BCUT2D eigenvalue weighted by Crippen LogP contribution is -2.29. The maximum absolute atomic E-state index is 12.8. The van der Waals surface area contributed by atoms with E-state index in [0.29, 0.717) is 16.8 Å². The molecule has 0 radical (unpaired) electrons. The zero-order valence-electron chi connectivity index (χ0n) is 11.4. The molecule has 1 aromatic heterocycles. The minimum absolute atomic E-state index is 0.256. The lowest BCUT2D eigenvalue weighted by molar-refractivity contribution is 0.0926. The van der Waals surface area contributed by atoms with E-state index in [-0.39, 0.29) is 11.8 Å². The smallest absolute Gasteiger partial charge is 0.268 e. The van der Waals surface area contributed by atoms with Crippen molar-refractivity contribution in [2.45, 2.75) is 0 Å². The van der Waals surface area contributed by atoms with Gasteiger partial charge in [0.25, 0.3) is 11.8 Å². The normalized spacial score (nSPS) is 14.0. The number of benzene rings is 2. The Morgan fingerprint density at radius 1 is 0.857 bits per heavy atom. The monoisotopic (exact) mass is 276 g/mol. The summed E-state index contributed by atoms with van der Waals surface area (Å²) in [5.74, 6) is -0.516. The molecule has 4 heteroatoms. The van der Waals surface area contributed by atoms with E-state index < -0.39 is 0 Å². The fourth-order valence-electron chi connectivity index (χ4n) is 2.92. The van der Waals surface area contributed by atoms with Crippen LogP contribution >= 0.6 is 0 Å². The van der Waals surface area contributed by atoms with E-state index in [1.165, 1.54) is 4.90 Å². The van der Waals surface area contributed by atoms with E-state index in [0.717, 1.165) is 10.9 Å². The van der Waals surface area contributed by atoms with Crippen molar-refractivity contribution in [2.24, 2.45) is 7.05 Å². The zero-order valence-corrected chi connectivity index (χ0v) is 11.4. The number of nitrogens with zero attached hydrogens (tertiary/aromatic N) is 2. The summed E-state index contributed by atoms with van der Waals surface area (Å²) >= 11 is 0. The second-order valence-electron chi connectivity index (χ2n) is 5.13. The van der Waals surface area contributed by atoms with Crippen molar-refractivity contribution >= 4 is 28.4 Å². The Labute approximate surface area is 121 Å². The van der Waals surface area contributed by atoms with E-state index in [1.807, 2.05) is 48.1 Å². The van der Waals surface area contributed by atoms with Crippen molar-refractivity contribution in [3.05, 3.63) is 65.9 Å². The molecule has 0 N–H and O–H groups in total. The number of aryl methyl sites for hydroxylation is 1. The third-order valence-electron chi connectivity index (χ3n) is 3.90. The van der Waals surface area contributed by atoms with Crippen LogP contribution in [0, 0.1) is 0 Å². The summed E-state index contributed by atoms with van der Waals surface area (Å²) in [6, 6.07) is 14.6. The van der Waals surface area contributed by atoms with Crippen LogP contribution in [0.1, 0.15) is 20.7 Å². The molecule has 4 nitrogen and oxygen atoms in total. The fraction of sp³-hybridized carbons (Fsp3) is 0.0588. The molecule has 0 saturated heterocycles. The van der Waals surface area contributed by atoms with Crippen molar-refractivity contribution in [3.8, 4) is 0 Å². The van der Waals surface area contributed by atoms with E-state index in [9.17, 15) is 9.59 Å². The average Bonchev–Trinajstić information content (AvgIpc) is 2.99. The number of hydrogen-bond acceptors (Lipinski definition) is 2. The molecule has 0 unspecified atom stereocenters. The largest absolute Gasteiger partial charge is 0.350 e. The van der Waals surface area contributed by atoms with E-state index in [2.05, 4.69) is 0 Å². The second kappa shape index (κ2) is 4.06. The van der Waals surface area contributed by atoms with Crippen LogP contribution in [0.5, 0.6) is 0 Å². The third kappa shape index (κ3) is 1.50. The van der Waals surface area contributed by atoms with Crippen LogP contribution in [0.25, 0.3) is 10.9 Å². The summed E-state index contributed by atoms with van der Waals surface area (Å²) < 4.78 is 1.88. The Balaban J connectivity index is 1.99. The Kier molecular flexibility index (Phi) is 2.30. The average molecular weight is 276 g/mol. The molecular weight excluding hydrogens is 264 g/mol. The van der Waals surface area contributed by atoms with Gasteiger partial charge in [0.1, 0.15) is 0 Å². The number of aromatic nitrogens is 1. The first kappa shape index (κ1) is 11.9. The summed E-state index contributed by atoms with van der Waals surface area (Å²) in [6.45, 7) is 0. The molecule has 0 saturated carbocycles. The van der Waals surface area contributed by atoms with Crippen LogP contribution in [-0.4, -0.2) is 16.4 Å². The van der Waals surface area contributed by atoms with Gasteiger partial charge in [0.05, 0.1) is 22.3 Å². The number of anilines is 1. The Hall–Kier alpha value is -2.88. The first-order chi connectivity index (χ1) is 10.2. The van der Waals surface area contributed by atoms with Crippen LogP contribution < -0.4 is 4.90 Å². The first-order valence-electron chi connectivity index (χ1n) is 6.70. The Morgan fingerprint density at radius 2 is 1.62 bits per heavy atom. The first-order valence-corrected chi connectivity index (χ1v) is 6.70. The SMILES string of the molecule is Cn1ccc2ccc3c(c21)C(=O)N(c1ccccc1)C3=O. The standard InChI is InChI=1S/C17H12N2O2/c1-18-10-9-11-7-8-13-14(15(11)18)17(21)19(16(13)20)12-5-3-2-4-6-12/h2-10H,1H3. The molecular formula is C17H12N2O2. The van der Waals surface area contributed by atoms with Gasteiger partial charge in [-0.2, -0.15) is 0 Å². The number of rotatable bonds is 1. The summed E-state index contributed by atoms with van der Waals surface area (Å²) in [4.78, 5) is 26.6. The van der Waals surface area contributed by atoms with Gasteiger partial charge in [-0.3, -0.25) is 9.59 Å². The molecule has 0 bridgehead atoms. The zero-order chi connectivity index (χ0) is 14.6. The Bertz CT molecular complexity index is 894. The number of amides is 2. The molecule has 102 valence electrons. The van der Waals surface area contributed by atoms with Crippen LogP contribution in [-0.2, 0) is 7.05 Å². The molecule has 1 aliphatic heterocycles. The van der Waals surface area contributed by atoms with Crippen LogP contribution in [0.3, 0.4) is 0 Å². The highest BCUT2D eigenvalue weighted by atomic mass is 16.2. The van der Waals surface area contributed by atoms with Gasteiger partial charge < -0.3 is 4.57 Å². The highest BCUT2D eigenvalue weighted by Crippen LogP contribution is 2.33. The minimum Gasteiger partial charge on any atom is -0.350 e. The highest BCUT2D eigenvalue weighted by Gasteiger charge is 2.38. The summed E-state index contributed by atoms with van der Waals surface area (Å²) in [6.07, 6.45) is 1.90. The second-order valence-corrected chi connectivity index (χ2v) is 5.13. The van der Waals surface area contributed by atoms with Crippen molar-refractivity contribution in [2.75, 3.05) is 4.90 Å². The van der Waals surface area contributed by atoms with Gasteiger partial charge in [-0.25, -0.2) is 4.90 Å². The highest BCUT2D eigenvalue weighted by molar-refractivity contribution is 6.37. The van der Waals surface area contributed by atoms with Gasteiger partial charge in [-0.1, -0.05) is 24.3 Å². The predicted molar refractivity (Wildman–Crippen MR) is 80.5 cm³/mol. The van der Waals surface area contributed by atoms with Crippen molar-refractivity contribution < 1.29 is 9.59 Å². The van der Waals surface area contributed by atoms with E-state index in [4.69, 9.17) is 0 Å². The number of para-hydroxylation sites is 1. The molecule has 1 aliphatic rings. The van der Waals surface area contributed by atoms with Gasteiger partial charge >= 0.3 is 0 Å². The molecule has 2 amide bonds. The molecule has 0 fully saturated rings. The van der Waals surface area contributed by atoms with Crippen LogP contribution in [0.4, 0.5) is 5.69 Å². The number of imide groups is 1. The molecule has 0 atom stereocenters. The van der Waals surface area contributed by atoms with Crippen molar-refractivity contribution in [3.63, 3.8) is 0 Å². The van der Waals surface area contributed by atoms with Crippen LogP contribution in [0.2, 0.25) is 0 Å². The van der Waals surface area contributed by atoms with E-state index >= 15 is 0 Å². The maximum atomic E-state index is 12.8. The number of hydrogen-bond donors (Lipinski definition) is 0. The maximum Gasteiger partial charge on any atom is 0.268 e. The molecule has 0 spiro atoms. The van der Waals surface area contributed by atoms with Crippen LogP contribution in [0.15, 0.2) is 54.7 Å². The minimum atomic E-state index is -0.260. The number of carbonyl (C=O) groups is 2. The third-order valence-corrected chi connectivity index (χ3v) is 3.90. The van der Waals surface area contributed by atoms with Gasteiger partial charge in [0.2, 0.25) is 0 Å². The molecule has 21 heavy (non-hydrogen) atoms. The molecule has 2 heterocycles. The van der Waals surface area contributed by atoms with Crippen molar-refractivity contribution in [1.82, 2.24) is 4.57 Å². The summed E-state index contributed by atoms with van der Waals surface area (Å²) in [5, 5.41) is 0.965. The molecule has 4 rings (SSSR count). The number of fused-ring (bicyclic) bond motifs is 3. The van der Waals surface area contributed by atoms with Gasteiger partial charge in [0, 0.05) is 18.6 Å². The number of carbonyl (C=O) groups excluding carboxylic acids is 2. The molecule has 2 aromatic carbocycles. The molecule has 3 aromatic rings. The lowest BCUT2D eigenvalue weighted by Gasteiger charge is -2.13. The quantitative estimate of drug-likeness (QED) is 0.641. The van der Waals surface area contributed by atoms with Gasteiger partial charge in [0.15, 0.2) is 0 Å². The topological polar surface area (TPSA) is 42.3 Å².